The molecule has 0 bridgehead atoms. The molecular weight excluding hydrogens is 260 g/mol. The molecule has 100 valence electrons. The molecule has 1 aromatic rings. The van der Waals surface area contributed by atoms with Gasteiger partial charge in [0, 0.05) is 12.1 Å². The normalized spacial score (nSPS) is 17.2. The van der Waals surface area contributed by atoms with Crippen LogP contribution in [0.15, 0.2) is 18.2 Å². The van der Waals surface area contributed by atoms with Gasteiger partial charge in [0.05, 0.1) is 5.75 Å². The summed E-state index contributed by atoms with van der Waals surface area (Å²) >= 11 is 0. The van der Waals surface area contributed by atoms with Crippen molar-refractivity contribution in [1.29, 1.82) is 0 Å². The summed E-state index contributed by atoms with van der Waals surface area (Å²) in [4.78, 5) is 0. The second-order valence-electron chi connectivity index (χ2n) is 4.64. The smallest absolute Gasteiger partial charge is 0.212 e. The van der Waals surface area contributed by atoms with Gasteiger partial charge in [-0.05, 0) is 30.5 Å². The van der Waals surface area contributed by atoms with Gasteiger partial charge >= 0.3 is 0 Å². The van der Waals surface area contributed by atoms with Crippen LogP contribution in [0.3, 0.4) is 0 Å². The van der Waals surface area contributed by atoms with E-state index >= 15 is 0 Å². The lowest BCUT2D eigenvalue weighted by atomic mass is 10.2. The highest BCUT2D eigenvalue weighted by molar-refractivity contribution is 7.88. The number of nitrogens with one attached hydrogen (secondary N) is 1. The Labute approximate surface area is 105 Å². The van der Waals surface area contributed by atoms with Gasteiger partial charge < -0.3 is 0 Å². The van der Waals surface area contributed by atoms with Gasteiger partial charge in [-0.2, -0.15) is 0 Å². The molecule has 1 N–H and O–H groups in total. The van der Waals surface area contributed by atoms with Crippen LogP contribution in [-0.2, 0) is 15.8 Å². The highest BCUT2D eigenvalue weighted by Crippen LogP contribution is 2.19. The zero-order valence-corrected chi connectivity index (χ0v) is 10.6. The molecule has 1 fully saturated rings. The molecule has 0 atom stereocenters. The minimum atomic E-state index is -3.53. The molecule has 1 aliphatic carbocycles. The van der Waals surface area contributed by atoms with Crippen molar-refractivity contribution in [3.63, 3.8) is 0 Å². The first-order valence-corrected chi connectivity index (χ1v) is 7.55. The summed E-state index contributed by atoms with van der Waals surface area (Å²) in [5.74, 6) is -1.92. The second-order valence-corrected chi connectivity index (χ2v) is 6.39. The monoisotopic (exact) mass is 275 g/mol. The van der Waals surface area contributed by atoms with Gasteiger partial charge in [0.25, 0.3) is 0 Å². The van der Waals surface area contributed by atoms with Gasteiger partial charge in [0.2, 0.25) is 10.0 Å². The number of halogens is 2. The molecule has 0 amide bonds. The fraction of sp³-hybridized carbons (Fsp3) is 0.500. The number of hydrogen-bond donors (Lipinski definition) is 1. The van der Waals surface area contributed by atoms with E-state index in [1.165, 1.54) is 0 Å². The van der Waals surface area contributed by atoms with Crippen molar-refractivity contribution in [3.05, 3.63) is 35.4 Å². The van der Waals surface area contributed by atoms with Gasteiger partial charge in [-0.25, -0.2) is 21.9 Å². The minimum Gasteiger partial charge on any atom is -0.212 e. The SMILES string of the molecule is O=S(=O)(Cc1cc(F)cc(F)c1)NC1CCCC1. The zero-order valence-electron chi connectivity index (χ0n) is 9.83. The Kier molecular flexibility index (Phi) is 3.97. The summed E-state index contributed by atoms with van der Waals surface area (Å²) < 4.78 is 52.1. The van der Waals surface area contributed by atoms with Gasteiger partial charge in [0.15, 0.2) is 0 Å². The van der Waals surface area contributed by atoms with Crippen LogP contribution in [0, 0.1) is 11.6 Å². The lowest BCUT2D eigenvalue weighted by Crippen LogP contribution is -2.33. The number of rotatable bonds is 4. The molecule has 0 radical (unpaired) electrons. The summed E-state index contributed by atoms with van der Waals surface area (Å²) in [6.07, 6.45) is 3.69. The molecule has 0 unspecified atom stereocenters. The third kappa shape index (κ3) is 3.74. The average Bonchev–Trinajstić information content (AvgIpc) is 2.66. The Hall–Kier alpha value is -1.01. The molecule has 0 spiro atoms. The third-order valence-corrected chi connectivity index (χ3v) is 4.39. The van der Waals surface area contributed by atoms with Crippen LogP contribution >= 0.6 is 0 Å². The minimum absolute atomic E-state index is 0.0339. The van der Waals surface area contributed by atoms with Crippen LogP contribution in [0.4, 0.5) is 8.78 Å². The highest BCUT2D eigenvalue weighted by atomic mass is 32.2. The molecule has 3 nitrogen and oxygen atoms in total. The predicted octanol–water partition coefficient (Wildman–Crippen LogP) is 2.33. The van der Waals surface area contributed by atoms with E-state index in [4.69, 9.17) is 0 Å². The van der Waals surface area contributed by atoms with Crippen molar-refractivity contribution >= 4 is 10.0 Å². The van der Waals surface area contributed by atoms with E-state index in [2.05, 4.69) is 4.72 Å². The first-order chi connectivity index (χ1) is 8.44. The van der Waals surface area contributed by atoms with E-state index in [1.54, 1.807) is 0 Å². The summed E-state index contributed by atoms with van der Waals surface area (Å²) in [7, 11) is -3.53. The average molecular weight is 275 g/mol. The molecule has 1 aromatic carbocycles. The van der Waals surface area contributed by atoms with Crippen LogP contribution in [0.25, 0.3) is 0 Å². The molecule has 0 saturated heterocycles. The predicted molar refractivity (Wildman–Crippen MR) is 64.4 cm³/mol. The van der Waals surface area contributed by atoms with E-state index in [1.807, 2.05) is 0 Å². The van der Waals surface area contributed by atoms with Crippen molar-refractivity contribution in [1.82, 2.24) is 4.72 Å². The van der Waals surface area contributed by atoms with E-state index in [0.717, 1.165) is 43.9 Å². The molecule has 1 saturated carbocycles. The second kappa shape index (κ2) is 5.32. The lowest BCUT2D eigenvalue weighted by molar-refractivity contribution is 0.550. The van der Waals surface area contributed by atoms with Crippen LogP contribution in [0.2, 0.25) is 0 Å². The topological polar surface area (TPSA) is 46.2 Å². The molecule has 0 aliphatic heterocycles. The quantitative estimate of drug-likeness (QED) is 0.916. The maximum atomic E-state index is 13.0. The van der Waals surface area contributed by atoms with Crippen LogP contribution < -0.4 is 4.72 Å². The first-order valence-electron chi connectivity index (χ1n) is 5.89. The lowest BCUT2D eigenvalue weighted by Gasteiger charge is -2.12. The zero-order chi connectivity index (χ0) is 13.2. The van der Waals surface area contributed by atoms with Gasteiger partial charge in [-0.15, -0.1) is 0 Å². The fourth-order valence-corrected chi connectivity index (χ4v) is 3.69. The van der Waals surface area contributed by atoms with Crippen LogP contribution in [0.1, 0.15) is 31.2 Å². The molecule has 0 heterocycles. The molecular formula is C12H15F2NO2S. The van der Waals surface area contributed by atoms with Crippen LogP contribution in [-0.4, -0.2) is 14.5 Å². The maximum absolute atomic E-state index is 13.0. The largest absolute Gasteiger partial charge is 0.216 e. The summed E-state index contributed by atoms with van der Waals surface area (Å²) in [6.45, 7) is 0. The molecule has 0 aromatic heterocycles. The van der Waals surface area contributed by atoms with Crippen molar-refractivity contribution in [3.8, 4) is 0 Å². The standard InChI is InChI=1S/C12H15F2NO2S/c13-10-5-9(6-11(14)7-10)8-18(16,17)15-12-3-1-2-4-12/h5-7,12,15H,1-4,8H2. The van der Waals surface area contributed by atoms with E-state index in [9.17, 15) is 17.2 Å². The number of sulfonamides is 1. The van der Waals surface area contributed by atoms with E-state index < -0.39 is 27.4 Å². The Morgan fingerprint density at radius 1 is 1.11 bits per heavy atom. The summed E-state index contributed by atoms with van der Waals surface area (Å²) in [6, 6.07) is 2.77. The van der Waals surface area contributed by atoms with Gasteiger partial charge in [0.1, 0.15) is 11.6 Å². The Balaban J connectivity index is 2.06. The summed E-state index contributed by atoms with van der Waals surface area (Å²) in [5, 5.41) is 0. The van der Waals surface area contributed by atoms with Gasteiger partial charge in [-0.1, -0.05) is 12.8 Å². The van der Waals surface area contributed by atoms with Gasteiger partial charge in [-0.3, -0.25) is 0 Å². The van der Waals surface area contributed by atoms with Crippen molar-refractivity contribution in [2.24, 2.45) is 0 Å². The Morgan fingerprint density at radius 3 is 2.22 bits per heavy atom. The van der Waals surface area contributed by atoms with Crippen molar-refractivity contribution < 1.29 is 17.2 Å². The summed E-state index contributed by atoms with van der Waals surface area (Å²) in [5.41, 5.74) is 0.123. The maximum Gasteiger partial charge on any atom is 0.216 e. The first kappa shape index (κ1) is 13.4. The molecule has 6 heteroatoms. The number of hydrogen-bond acceptors (Lipinski definition) is 2. The highest BCUT2D eigenvalue weighted by Gasteiger charge is 2.21. The van der Waals surface area contributed by atoms with E-state index in [0.29, 0.717) is 0 Å². The van der Waals surface area contributed by atoms with Crippen LogP contribution in [0.5, 0.6) is 0 Å². The molecule has 1 aliphatic rings. The molecule has 2 rings (SSSR count). The van der Waals surface area contributed by atoms with Crippen molar-refractivity contribution in [2.45, 2.75) is 37.5 Å². The Morgan fingerprint density at radius 2 is 1.67 bits per heavy atom. The van der Waals surface area contributed by atoms with E-state index in [-0.39, 0.29) is 11.6 Å². The fourth-order valence-electron chi connectivity index (χ4n) is 2.25. The number of benzene rings is 1. The Bertz CT molecular complexity index is 505. The molecule has 18 heavy (non-hydrogen) atoms. The third-order valence-electron chi connectivity index (χ3n) is 2.98. The van der Waals surface area contributed by atoms with Crippen molar-refractivity contribution in [2.75, 3.05) is 0 Å².